The highest BCUT2D eigenvalue weighted by molar-refractivity contribution is 5.80. The first kappa shape index (κ1) is 12.2. The minimum atomic E-state index is -0.736. The molecule has 5 nitrogen and oxygen atoms in total. The molecule has 0 radical (unpaired) electrons. The van der Waals surface area contributed by atoms with Gasteiger partial charge in [-0.15, -0.1) is 0 Å². The quantitative estimate of drug-likeness (QED) is 0.764. The number of carboxylic acid groups (broad SMARTS) is 1. The number of nitrogens with zero attached hydrogens (tertiary/aromatic N) is 1. The third-order valence-electron chi connectivity index (χ3n) is 4.00. The summed E-state index contributed by atoms with van der Waals surface area (Å²) in [6, 6.07) is -0.0428. The van der Waals surface area contributed by atoms with Crippen LogP contribution in [0.25, 0.3) is 0 Å². The third-order valence-corrected chi connectivity index (χ3v) is 4.00. The van der Waals surface area contributed by atoms with Gasteiger partial charge in [0.15, 0.2) is 0 Å². The fourth-order valence-electron chi connectivity index (χ4n) is 3.13. The van der Waals surface area contributed by atoms with Gasteiger partial charge in [0.1, 0.15) is 0 Å². The number of fused-ring (bicyclic) bond motifs is 1. The molecule has 0 aromatic heterocycles. The highest BCUT2D eigenvalue weighted by Crippen LogP contribution is 2.48. The topological polar surface area (TPSA) is 69.6 Å². The average molecular weight is 240 g/mol. The molecule has 2 amide bonds. The first-order valence-corrected chi connectivity index (χ1v) is 6.24. The van der Waals surface area contributed by atoms with Crippen LogP contribution in [0.5, 0.6) is 0 Å². The fraction of sp³-hybridized carbons (Fsp3) is 0.833. The number of rotatable bonds is 2. The van der Waals surface area contributed by atoms with E-state index in [2.05, 4.69) is 5.32 Å². The molecule has 1 saturated heterocycles. The summed E-state index contributed by atoms with van der Waals surface area (Å²) >= 11 is 0. The lowest BCUT2D eigenvalue weighted by molar-refractivity contribution is -0.149. The van der Waals surface area contributed by atoms with Gasteiger partial charge in [0, 0.05) is 19.1 Å². The summed E-state index contributed by atoms with van der Waals surface area (Å²) in [4.78, 5) is 25.0. The van der Waals surface area contributed by atoms with E-state index in [1.54, 1.807) is 4.90 Å². The van der Waals surface area contributed by atoms with E-state index >= 15 is 0 Å². The highest BCUT2D eigenvalue weighted by atomic mass is 16.4. The van der Waals surface area contributed by atoms with E-state index in [9.17, 15) is 14.7 Å². The number of likely N-dealkylation sites (tertiary alicyclic amines) is 1. The molecule has 96 valence electrons. The van der Waals surface area contributed by atoms with Crippen LogP contribution in [0, 0.1) is 11.3 Å². The smallest absolute Gasteiger partial charge is 0.317 e. The lowest BCUT2D eigenvalue weighted by Gasteiger charge is -2.23. The number of nitrogens with one attached hydrogen (secondary N) is 1. The van der Waals surface area contributed by atoms with Crippen molar-refractivity contribution in [3.05, 3.63) is 0 Å². The van der Waals surface area contributed by atoms with E-state index in [1.807, 2.05) is 13.8 Å². The predicted molar refractivity (Wildman–Crippen MR) is 62.7 cm³/mol. The number of hydrogen-bond donors (Lipinski definition) is 2. The summed E-state index contributed by atoms with van der Waals surface area (Å²) in [7, 11) is 0. The van der Waals surface area contributed by atoms with Crippen LogP contribution in [-0.4, -0.2) is 41.1 Å². The second-order valence-corrected chi connectivity index (χ2v) is 5.54. The third kappa shape index (κ3) is 1.98. The number of amides is 2. The molecular formula is C12H20N2O3. The minimum Gasteiger partial charge on any atom is -0.481 e. The van der Waals surface area contributed by atoms with Gasteiger partial charge in [-0.2, -0.15) is 0 Å². The monoisotopic (exact) mass is 240 g/mol. The van der Waals surface area contributed by atoms with Crippen LogP contribution < -0.4 is 5.32 Å². The van der Waals surface area contributed by atoms with Gasteiger partial charge < -0.3 is 15.3 Å². The number of hydrogen-bond acceptors (Lipinski definition) is 2. The van der Waals surface area contributed by atoms with Crippen molar-refractivity contribution >= 4 is 12.0 Å². The van der Waals surface area contributed by atoms with Crippen LogP contribution in [0.1, 0.15) is 33.1 Å². The number of carbonyl (C=O) groups is 2. The maximum Gasteiger partial charge on any atom is 0.317 e. The molecule has 17 heavy (non-hydrogen) atoms. The lowest BCUT2D eigenvalue weighted by atomic mass is 9.81. The molecule has 2 N–H and O–H groups in total. The molecule has 0 aromatic carbocycles. The summed E-state index contributed by atoms with van der Waals surface area (Å²) in [5.41, 5.74) is -0.672. The SMILES string of the molecule is CC(C)NC(=O)N1C[C@@H]2CCC[C@@]2(C(=O)O)C1. The molecular weight excluding hydrogens is 220 g/mol. The van der Waals surface area contributed by atoms with Crippen LogP contribution in [0.15, 0.2) is 0 Å². The Kier molecular flexibility index (Phi) is 3.02. The summed E-state index contributed by atoms with van der Waals surface area (Å²) < 4.78 is 0. The Morgan fingerprint density at radius 1 is 1.47 bits per heavy atom. The molecule has 2 rings (SSSR count). The van der Waals surface area contributed by atoms with Gasteiger partial charge in [-0.1, -0.05) is 6.42 Å². The van der Waals surface area contributed by atoms with E-state index < -0.39 is 11.4 Å². The van der Waals surface area contributed by atoms with E-state index in [0.29, 0.717) is 19.5 Å². The summed E-state index contributed by atoms with van der Waals surface area (Å²) in [6.45, 7) is 4.76. The molecule has 0 aromatic rings. The Balaban J connectivity index is 2.08. The van der Waals surface area contributed by atoms with Gasteiger partial charge in [-0.3, -0.25) is 4.79 Å². The van der Waals surface area contributed by atoms with Gasteiger partial charge in [0.2, 0.25) is 0 Å². The molecule has 1 heterocycles. The van der Waals surface area contributed by atoms with E-state index in [1.165, 1.54) is 0 Å². The van der Waals surface area contributed by atoms with Crippen molar-refractivity contribution in [2.45, 2.75) is 39.2 Å². The molecule has 0 unspecified atom stereocenters. The number of aliphatic carboxylic acids is 1. The Morgan fingerprint density at radius 3 is 2.71 bits per heavy atom. The van der Waals surface area contributed by atoms with Crippen LogP contribution in [0.2, 0.25) is 0 Å². The fourth-order valence-corrected chi connectivity index (χ4v) is 3.13. The summed E-state index contributed by atoms with van der Waals surface area (Å²) in [5.74, 6) is -0.599. The minimum absolute atomic E-state index is 0.0868. The first-order chi connectivity index (χ1) is 7.95. The largest absolute Gasteiger partial charge is 0.481 e. The van der Waals surface area contributed by atoms with Crippen molar-refractivity contribution in [2.75, 3.05) is 13.1 Å². The zero-order chi connectivity index (χ0) is 12.6. The Hall–Kier alpha value is -1.26. The highest BCUT2D eigenvalue weighted by Gasteiger charge is 2.55. The zero-order valence-electron chi connectivity index (χ0n) is 10.4. The molecule has 1 aliphatic heterocycles. The van der Waals surface area contributed by atoms with Gasteiger partial charge in [0.05, 0.1) is 5.41 Å². The van der Waals surface area contributed by atoms with Crippen molar-refractivity contribution in [2.24, 2.45) is 11.3 Å². The molecule has 0 spiro atoms. The van der Waals surface area contributed by atoms with Crippen molar-refractivity contribution in [1.29, 1.82) is 0 Å². The van der Waals surface area contributed by atoms with E-state index in [-0.39, 0.29) is 18.0 Å². The predicted octanol–water partition coefficient (Wildman–Crippen LogP) is 1.29. The normalized spacial score (nSPS) is 31.7. The maximum atomic E-state index is 11.9. The van der Waals surface area contributed by atoms with Crippen molar-refractivity contribution in [1.82, 2.24) is 10.2 Å². The number of carbonyl (C=O) groups excluding carboxylic acids is 1. The zero-order valence-corrected chi connectivity index (χ0v) is 10.4. The van der Waals surface area contributed by atoms with Crippen LogP contribution in [0.3, 0.4) is 0 Å². The van der Waals surface area contributed by atoms with E-state index in [0.717, 1.165) is 12.8 Å². The molecule has 2 aliphatic rings. The maximum absolute atomic E-state index is 11.9. The Labute approximate surface area is 101 Å². The average Bonchev–Trinajstić information content (AvgIpc) is 2.71. The van der Waals surface area contributed by atoms with Crippen molar-refractivity contribution < 1.29 is 14.7 Å². The van der Waals surface area contributed by atoms with Gasteiger partial charge in [-0.05, 0) is 32.6 Å². The molecule has 0 bridgehead atoms. The lowest BCUT2D eigenvalue weighted by Crippen LogP contribution is -2.43. The summed E-state index contributed by atoms with van der Waals surface area (Å²) in [5, 5.41) is 12.2. The standard InChI is InChI=1S/C12H20N2O3/c1-8(2)13-11(17)14-6-9-4-3-5-12(9,7-14)10(15)16/h8-9H,3-7H2,1-2H3,(H,13,17)(H,15,16)/t9-,12+/m0/s1. The summed E-state index contributed by atoms with van der Waals surface area (Å²) in [6.07, 6.45) is 2.60. The molecule has 5 heteroatoms. The molecule has 2 fully saturated rings. The number of urea groups is 1. The Bertz CT molecular complexity index is 343. The number of carboxylic acids is 1. The molecule has 1 saturated carbocycles. The second kappa shape index (κ2) is 4.20. The molecule has 1 aliphatic carbocycles. The molecule has 2 atom stereocenters. The van der Waals surface area contributed by atoms with E-state index in [4.69, 9.17) is 0 Å². The van der Waals surface area contributed by atoms with Crippen LogP contribution in [0.4, 0.5) is 4.79 Å². The van der Waals surface area contributed by atoms with Gasteiger partial charge >= 0.3 is 12.0 Å². The van der Waals surface area contributed by atoms with Gasteiger partial charge in [0.25, 0.3) is 0 Å². The van der Waals surface area contributed by atoms with Crippen molar-refractivity contribution in [3.8, 4) is 0 Å². The Morgan fingerprint density at radius 2 is 2.18 bits per heavy atom. The first-order valence-electron chi connectivity index (χ1n) is 6.24. The van der Waals surface area contributed by atoms with Gasteiger partial charge in [-0.25, -0.2) is 4.79 Å². The van der Waals surface area contributed by atoms with Crippen LogP contribution in [-0.2, 0) is 4.79 Å². The second-order valence-electron chi connectivity index (χ2n) is 5.54. The van der Waals surface area contributed by atoms with Crippen molar-refractivity contribution in [3.63, 3.8) is 0 Å². The van der Waals surface area contributed by atoms with Crippen LogP contribution >= 0.6 is 0 Å².